The third-order valence-corrected chi connectivity index (χ3v) is 5.62. The van der Waals surface area contributed by atoms with Crippen molar-refractivity contribution in [2.24, 2.45) is 11.7 Å². The first kappa shape index (κ1) is 17.1. The van der Waals surface area contributed by atoms with Crippen molar-refractivity contribution in [2.45, 2.75) is 38.1 Å². The van der Waals surface area contributed by atoms with Crippen molar-refractivity contribution in [3.05, 3.63) is 29.8 Å². The SMILES string of the molecule is CC(C)C(C)N(C)S(=O)(=O)c1ccc(CC(N)=S)cc1. The van der Waals surface area contributed by atoms with E-state index in [9.17, 15) is 8.42 Å². The van der Waals surface area contributed by atoms with Crippen molar-refractivity contribution in [3.63, 3.8) is 0 Å². The topological polar surface area (TPSA) is 63.4 Å². The maximum absolute atomic E-state index is 12.5. The first-order valence-corrected chi connectivity index (χ1v) is 8.36. The van der Waals surface area contributed by atoms with Crippen LogP contribution in [-0.4, -0.2) is 30.8 Å². The highest BCUT2D eigenvalue weighted by Gasteiger charge is 2.26. The molecule has 1 aromatic rings. The molecule has 0 heterocycles. The van der Waals surface area contributed by atoms with E-state index in [-0.39, 0.29) is 12.0 Å². The predicted molar refractivity (Wildman–Crippen MR) is 86.2 cm³/mol. The number of hydrogen-bond donors (Lipinski definition) is 1. The van der Waals surface area contributed by atoms with Crippen molar-refractivity contribution >= 4 is 27.2 Å². The van der Waals surface area contributed by atoms with E-state index in [1.165, 1.54) is 4.31 Å². The Bertz CT molecular complexity index is 565. The van der Waals surface area contributed by atoms with Crippen molar-refractivity contribution in [1.82, 2.24) is 4.31 Å². The molecule has 0 saturated heterocycles. The van der Waals surface area contributed by atoms with E-state index < -0.39 is 10.0 Å². The largest absolute Gasteiger partial charge is 0.393 e. The van der Waals surface area contributed by atoms with Crippen LogP contribution < -0.4 is 5.73 Å². The van der Waals surface area contributed by atoms with Gasteiger partial charge in [0, 0.05) is 19.5 Å². The zero-order chi connectivity index (χ0) is 15.5. The number of nitrogens with zero attached hydrogens (tertiary/aromatic N) is 1. The van der Waals surface area contributed by atoms with Crippen molar-refractivity contribution in [1.29, 1.82) is 0 Å². The second kappa shape index (κ2) is 6.65. The molecule has 0 aliphatic heterocycles. The molecule has 1 unspecified atom stereocenters. The molecule has 0 bridgehead atoms. The molecule has 20 heavy (non-hydrogen) atoms. The molecule has 0 aromatic heterocycles. The molecular weight excluding hydrogens is 292 g/mol. The van der Waals surface area contributed by atoms with Gasteiger partial charge in [-0.25, -0.2) is 8.42 Å². The molecule has 0 saturated carbocycles. The highest BCUT2D eigenvalue weighted by atomic mass is 32.2. The Morgan fingerprint density at radius 2 is 1.75 bits per heavy atom. The molecule has 2 N–H and O–H groups in total. The highest BCUT2D eigenvalue weighted by molar-refractivity contribution is 7.89. The standard InChI is InChI=1S/C14H22N2O2S2/c1-10(2)11(3)16(4)20(17,18)13-7-5-12(6-8-13)9-14(15)19/h5-8,10-11H,9H2,1-4H3,(H2,15,19). The fourth-order valence-electron chi connectivity index (χ4n) is 1.79. The van der Waals surface area contributed by atoms with E-state index in [1.807, 2.05) is 20.8 Å². The molecule has 0 radical (unpaired) electrons. The number of benzene rings is 1. The Hall–Kier alpha value is -0.980. The fourth-order valence-corrected chi connectivity index (χ4v) is 3.45. The van der Waals surface area contributed by atoms with Gasteiger partial charge in [0.1, 0.15) is 0 Å². The smallest absolute Gasteiger partial charge is 0.243 e. The molecule has 1 aromatic carbocycles. The number of thiocarbonyl (C=S) groups is 1. The number of hydrogen-bond acceptors (Lipinski definition) is 3. The van der Waals surface area contributed by atoms with E-state index in [0.717, 1.165) is 5.56 Å². The van der Waals surface area contributed by atoms with Crippen LogP contribution in [0.1, 0.15) is 26.3 Å². The zero-order valence-corrected chi connectivity index (χ0v) is 14.0. The molecule has 4 nitrogen and oxygen atoms in total. The van der Waals surface area contributed by atoms with Crippen LogP contribution in [0.15, 0.2) is 29.2 Å². The molecule has 0 fully saturated rings. The summed E-state index contributed by atoms with van der Waals surface area (Å²) in [4.78, 5) is 0.686. The van der Waals surface area contributed by atoms with Gasteiger partial charge in [-0.05, 0) is 30.5 Å². The Balaban J connectivity index is 3.01. The summed E-state index contributed by atoms with van der Waals surface area (Å²) < 4.78 is 26.4. The Morgan fingerprint density at radius 3 is 2.15 bits per heavy atom. The minimum absolute atomic E-state index is 0.0590. The molecule has 1 atom stereocenters. The van der Waals surface area contributed by atoms with Crippen LogP contribution in [0.4, 0.5) is 0 Å². The zero-order valence-electron chi connectivity index (χ0n) is 12.3. The van der Waals surface area contributed by atoms with Gasteiger partial charge in [-0.1, -0.05) is 38.2 Å². The molecule has 0 spiro atoms. The third kappa shape index (κ3) is 4.01. The number of rotatable bonds is 6. The highest BCUT2D eigenvalue weighted by Crippen LogP contribution is 2.20. The summed E-state index contributed by atoms with van der Waals surface area (Å²) in [5.41, 5.74) is 6.39. The van der Waals surface area contributed by atoms with Crippen molar-refractivity contribution < 1.29 is 8.42 Å². The second-order valence-corrected chi connectivity index (χ2v) is 7.81. The summed E-state index contributed by atoms with van der Waals surface area (Å²) in [6.07, 6.45) is 0.480. The lowest BCUT2D eigenvalue weighted by Crippen LogP contribution is -2.38. The minimum atomic E-state index is -3.46. The van der Waals surface area contributed by atoms with E-state index in [0.29, 0.717) is 16.3 Å². The fraction of sp³-hybridized carbons (Fsp3) is 0.500. The van der Waals surface area contributed by atoms with Gasteiger partial charge in [-0.15, -0.1) is 0 Å². The first-order chi connectivity index (χ1) is 9.16. The van der Waals surface area contributed by atoms with E-state index >= 15 is 0 Å². The van der Waals surface area contributed by atoms with Crippen LogP contribution in [0.5, 0.6) is 0 Å². The van der Waals surface area contributed by atoms with E-state index in [2.05, 4.69) is 0 Å². The molecule has 112 valence electrons. The van der Waals surface area contributed by atoms with E-state index in [4.69, 9.17) is 18.0 Å². The minimum Gasteiger partial charge on any atom is -0.393 e. The number of sulfonamides is 1. The molecule has 0 aliphatic carbocycles. The predicted octanol–water partition coefficient (Wildman–Crippen LogP) is 2.18. The molecule has 1 rings (SSSR count). The number of nitrogens with two attached hydrogens (primary N) is 1. The van der Waals surface area contributed by atoms with Crippen LogP contribution in [0.25, 0.3) is 0 Å². The van der Waals surface area contributed by atoms with Crippen LogP contribution in [0.2, 0.25) is 0 Å². The van der Waals surface area contributed by atoms with Gasteiger partial charge in [-0.2, -0.15) is 4.31 Å². The lowest BCUT2D eigenvalue weighted by Gasteiger charge is -2.27. The average Bonchev–Trinajstić information content (AvgIpc) is 2.36. The van der Waals surface area contributed by atoms with Gasteiger partial charge in [0.05, 0.1) is 9.88 Å². The summed E-state index contributed by atoms with van der Waals surface area (Å²) in [5, 5.41) is 0. The maximum Gasteiger partial charge on any atom is 0.243 e. The monoisotopic (exact) mass is 314 g/mol. The van der Waals surface area contributed by atoms with Crippen LogP contribution in [-0.2, 0) is 16.4 Å². The van der Waals surface area contributed by atoms with Crippen LogP contribution >= 0.6 is 12.2 Å². The molecule has 6 heteroatoms. The summed E-state index contributed by atoms with van der Waals surface area (Å²) in [7, 11) is -1.85. The second-order valence-electron chi connectivity index (χ2n) is 5.29. The van der Waals surface area contributed by atoms with Gasteiger partial charge in [0.2, 0.25) is 10.0 Å². The van der Waals surface area contributed by atoms with Gasteiger partial charge >= 0.3 is 0 Å². The first-order valence-electron chi connectivity index (χ1n) is 6.51. The molecular formula is C14H22N2O2S2. The lowest BCUT2D eigenvalue weighted by atomic mass is 10.1. The summed E-state index contributed by atoms with van der Waals surface area (Å²) in [6, 6.07) is 6.65. The van der Waals surface area contributed by atoms with Gasteiger partial charge < -0.3 is 5.73 Å². The van der Waals surface area contributed by atoms with Crippen LogP contribution in [0.3, 0.4) is 0 Å². The normalized spacial score (nSPS) is 13.7. The summed E-state index contributed by atoms with van der Waals surface area (Å²) in [6.45, 7) is 5.91. The Kier molecular flexibility index (Phi) is 5.68. The van der Waals surface area contributed by atoms with Gasteiger partial charge in [0.15, 0.2) is 0 Å². The van der Waals surface area contributed by atoms with Gasteiger partial charge in [0.25, 0.3) is 0 Å². The molecule has 0 amide bonds. The summed E-state index contributed by atoms with van der Waals surface area (Å²) >= 11 is 4.84. The quantitative estimate of drug-likeness (QED) is 0.818. The Morgan fingerprint density at radius 1 is 1.25 bits per heavy atom. The van der Waals surface area contributed by atoms with E-state index in [1.54, 1.807) is 31.3 Å². The molecule has 0 aliphatic rings. The van der Waals surface area contributed by atoms with Crippen LogP contribution in [0, 0.1) is 5.92 Å². The maximum atomic E-state index is 12.5. The van der Waals surface area contributed by atoms with Crippen molar-refractivity contribution in [2.75, 3.05) is 7.05 Å². The summed E-state index contributed by atoms with van der Waals surface area (Å²) in [5.74, 6) is 0.253. The van der Waals surface area contributed by atoms with Gasteiger partial charge in [-0.3, -0.25) is 0 Å². The Labute approximate surface area is 127 Å². The third-order valence-electron chi connectivity index (χ3n) is 3.52. The lowest BCUT2D eigenvalue weighted by molar-refractivity contribution is 0.316. The average molecular weight is 314 g/mol. The van der Waals surface area contributed by atoms with Crippen molar-refractivity contribution in [3.8, 4) is 0 Å².